The van der Waals surface area contributed by atoms with Crippen molar-refractivity contribution in [2.24, 2.45) is 5.73 Å². The summed E-state index contributed by atoms with van der Waals surface area (Å²) in [6, 6.07) is 10.3. The van der Waals surface area contributed by atoms with E-state index < -0.39 is 58.1 Å². The molecule has 0 spiro atoms. The summed E-state index contributed by atoms with van der Waals surface area (Å²) in [5, 5.41) is -0.947. The molecule has 1 atom stereocenters. The number of benzene rings is 2. The Kier molecular flexibility index (Phi) is 9.42. The molecule has 1 saturated heterocycles. The fourth-order valence-corrected chi connectivity index (χ4v) is 6.33. The molecular weight excluding hydrogens is 641 g/mol. The molecule has 2 aromatic carbocycles. The van der Waals surface area contributed by atoms with Crippen molar-refractivity contribution >= 4 is 17.0 Å². The Morgan fingerprint density at radius 1 is 0.891 bits per heavy atom. The average Bonchev–Trinajstić information content (AvgIpc) is 3.48. The van der Waals surface area contributed by atoms with Crippen LogP contribution in [0.4, 0.5) is 36.4 Å². The van der Waals surface area contributed by atoms with E-state index in [2.05, 4.69) is 4.98 Å². The summed E-state index contributed by atoms with van der Waals surface area (Å²) < 4.78 is 97.3. The molecule has 0 bridgehead atoms. The van der Waals surface area contributed by atoms with E-state index in [1.54, 1.807) is 35.2 Å². The highest BCUT2D eigenvalue weighted by Crippen LogP contribution is 2.34. The molecule has 1 fully saturated rings. The third kappa shape index (κ3) is 7.03. The van der Waals surface area contributed by atoms with Gasteiger partial charge in [-0.3, -0.25) is 18.8 Å². The van der Waals surface area contributed by atoms with Gasteiger partial charge in [0.05, 0.1) is 18.7 Å². The van der Waals surface area contributed by atoms with Gasteiger partial charge in [-0.2, -0.15) is 26.3 Å². The summed E-state index contributed by atoms with van der Waals surface area (Å²) in [5.41, 5.74) is 3.39. The molecule has 0 amide bonds. The van der Waals surface area contributed by atoms with Crippen LogP contribution in [0.15, 0.2) is 64.3 Å². The lowest BCUT2D eigenvalue weighted by Gasteiger charge is -2.36. The molecule has 2 aromatic heterocycles. The number of thiazole rings is 1. The van der Waals surface area contributed by atoms with Crippen LogP contribution < -0.4 is 21.9 Å². The first kappa shape index (κ1) is 33.3. The van der Waals surface area contributed by atoms with Gasteiger partial charge in [0, 0.05) is 61.1 Å². The molecule has 0 saturated carbocycles. The fraction of sp³-hybridized carbons (Fsp3) is 0.367. The van der Waals surface area contributed by atoms with E-state index in [0.717, 1.165) is 27.3 Å². The van der Waals surface area contributed by atoms with E-state index in [9.17, 15) is 40.3 Å². The SMILES string of the molecule is Cc1c(N2CCN(Cc3cnc(C(F)(F)F)s3)CC2)c(=O)n(C[C@@H](N)c2ccccc2)c(=O)n1Cc1c(F)cccc1C(F)(F)F. The van der Waals surface area contributed by atoms with Gasteiger partial charge in [-0.05, 0) is 24.6 Å². The van der Waals surface area contributed by atoms with Crippen LogP contribution in [0.5, 0.6) is 0 Å². The second kappa shape index (κ2) is 13.0. The van der Waals surface area contributed by atoms with Crippen LogP contribution in [0.1, 0.15) is 38.3 Å². The predicted octanol–water partition coefficient (Wildman–Crippen LogP) is 5.02. The minimum atomic E-state index is -4.91. The Bertz CT molecular complexity index is 1810. The van der Waals surface area contributed by atoms with Crippen molar-refractivity contribution in [1.82, 2.24) is 19.0 Å². The highest BCUT2D eigenvalue weighted by atomic mass is 32.1. The molecule has 0 radical (unpaired) electrons. The fourth-order valence-electron chi connectivity index (χ4n) is 5.50. The van der Waals surface area contributed by atoms with Gasteiger partial charge in [0.2, 0.25) is 0 Å². The van der Waals surface area contributed by atoms with Gasteiger partial charge < -0.3 is 10.6 Å². The summed E-state index contributed by atoms with van der Waals surface area (Å²) in [7, 11) is 0. The first-order chi connectivity index (χ1) is 21.6. The lowest BCUT2D eigenvalue weighted by Crippen LogP contribution is -2.51. The molecule has 246 valence electrons. The molecule has 5 rings (SSSR count). The van der Waals surface area contributed by atoms with Crippen molar-refractivity contribution < 1.29 is 30.7 Å². The quantitative estimate of drug-likeness (QED) is 0.265. The van der Waals surface area contributed by atoms with Crippen molar-refractivity contribution in [1.29, 1.82) is 0 Å². The van der Waals surface area contributed by atoms with Crippen LogP contribution in [0, 0.1) is 12.7 Å². The molecule has 1 aliphatic rings. The van der Waals surface area contributed by atoms with Crippen molar-refractivity contribution in [2.75, 3.05) is 31.1 Å². The van der Waals surface area contributed by atoms with Gasteiger partial charge in [-0.1, -0.05) is 36.4 Å². The Balaban J connectivity index is 1.50. The lowest BCUT2D eigenvalue weighted by molar-refractivity contribution is -0.139. The van der Waals surface area contributed by atoms with Gasteiger partial charge >= 0.3 is 18.0 Å². The van der Waals surface area contributed by atoms with Gasteiger partial charge in [0.25, 0.3) is 5.56 Å². The summed E-state index contributed by atoms with van der Waals surface area (Å²) in [5.74, 6) is -1.16. The summed E-state index contributed by atoms with van der Waals surface area (Å²) in [6.45, 7) is 1.60. The maximum absolute atomic E-state index is 14.9. The number of hydrogen-bond donors (Lipinski definition) is 1. The van der Waals surface area contributed by atoms with Gasteiger partial charge in [-0.15, -0.1) is 11.3 Å². The molecular formula is C30H29F7N6O2S. The van der Waals surface area contributed by atoms with Crippen molar-refractivity contribution in [3.63, 3.8) is 0 Å². The van der Waals surface area contributed by atoms with Crippen molar-refractivity contribution in [2.45, 2.75) is 45.0 Å². The molecule has 1 aliphatic heterocycles. The number of halogens is 7. The van der Waals surface area contributed by atoms with Crippen molar-refractivity contribution in [3.05, 3.63) is 114 Å². The van der Waals surface area contributed by atoms with E-state index >= 15 is 0 Å². The van der Waals surface area contributed by atoms with E-state index in [1.165, 1.54) is 13.1 Å². The first-order valence-corrected chi connectivity index (χ1v) is 15.0. The maximum atomic E-state index is 14.9. The number of anilines is 1. The van der Waals surface area contributed by atoms with E-state index in [0.29, 0.717) is 34.9 Å². The summed E-state index contributed by atoms with van der Waals surface area (Å²) in [4.78, 5) is 35.1. The maximum Gasteiger partial charge on any atom is 0.443 e. The summed E-state index contributed by atoms with van der Waals surface area (Å²) in [6.07, 6.45) is -8.28. The molecule has 46 heavy (non-hydrogen) atoms. The number of aromatic nitrogens is 3. The molecule has 2 N–H and O–H groups in total. The average molecular weight is 671 g/mol. The number of alkyl halides is 6. The Hall–Kier alpha value is -4.02. The number of rotatable bonds is 8. The van der Waals surface area contributed by atoms with E-state index in [-0.39, 0.29) is 37.6 Å². The van der Waals surface area contributed by atoms with Crippen LogP contribution in [-0.2, 0) is 32.0 Å². The normalized spacial score (nSPS) is 15.4. The number of piperazine rings is 1. The molecule has 16 heteroatoms. The highest BCUT2D eigenvalue weighted by molar-refractivity contribution is 7.11. The second-order valence-corrected chi connectivity index (χ2v) is 12.0. The predicted molar refractivity (Wildman–Crippen MR) is 158 cm³/mol. The molecule has 8 nitrogen and oxygen atoms in total. The van der Waals surface area contributed by atoms with E-state index in [1.807, 2.05) is 4.90 Å². The van der Waals surface area contributed by atoms with Gasteiger partial charge in [-0.25, -0.2) is 14.2 Å². The highest BCUT2D eigenvalue weighted by Gasteiger charge is 2.36. The molecule has 0 aliphatic carbocycles. The number of nitrogens with two attached hydrogens (primary N) is 1. The molecule has 3 heterocycles. The van der Waals surface area contributed by atoms with Gasteiger partial charge in [0.15, 0.2) is 5.01 Å². The Labute approximate surface area is 262 Å². The third-order valence-corrected chi connectivity index (χ3v) is 8.90. The Morgan fingerprint density at radius 3 is 2.17 bits per heavy atom. The topological polar surface area (TPSA) is 89.4 Å². The third-order valence-electron chi connectivity index (χ3n) is 7.87. The minimum Gasteiger partial charge on any atom is -0.363 e. The van der Waals surface area contributed by atoms with Crippen LogP contribution in [0.3, 0.4) is 0 Å². The Morgan fingerprint density at radius 2 is 1.57 bits per heavy atom. The summed E-state index contributed by atoms with van der Waals surface area (Å²) >= 11 is 0.544. The van der Waals surface area contributed by atoms with Crippen LogP contribution in [-0.4, -0.2) is 45.2 Å². The monoisotopic (exact) mass is 670 g/mol. The van der Waals surface area contributed by atoms with Gasteiger partial charge in [0.1, 0.15) is 11.5 Å². The zero-order valence-electron chi connectivity index (χ0n) is 24.4. The van der Waals surface area contributed by atoms with Crippen LogP contribution in [0.25, 0.3) is 0 Å². The number of nitrogens with zero attached hydrogens (tertiary/aromatic N) is 5. The largest absolute Gasteiger partial charge is 0.443 e. The lowest BCUT2D eigenvalue weighted by atomic mass is 10.1. The smallest absolute Gasteiger partial charge is 0.363 e. The zero-order valence-corrected chi connectivity index (χ0v) is 25.2. The first-order valence-electron chi connectivity index (χ1n) is 14.1. The van der Waals surface area contributed by atoms with E-state index in [4.69, 9.17) is 5.73 Å². The standard InChI is InChI=1S/C30H29F7N6O2S/c1-18-25(41-12-10-40(11-13-41)15-20-14-39-27(46-20)30(35,36)37)26(44)43(17-24(38)19-6-3-2-4-7-19)28(45)42(18)16-21-22(29(32,33)34)8-5-9-23(21)31/h2-9,14,24H,10-13,15-17,38H2,1H3/t24-/m1/s1. The molecule has 4 aromatic rings. The van der Waals surface area contributed by atoms with Crippen LogP contribution in [0.2, 0.25) is 0 Å². The number of hydrogen-bond acceptors (Lipinski definition) is 7. The molecule has 0 unspecified atom stereocenters. The minimum absolute atomic E-state index is 0.0431. The van der Waals surface area contributed by atoms with Crippen molar-refractivity contribution in [3.8, 4) is 0 Å². The second-order valence-electron chi connectivity index (χ2n) is 10.9. The van der Waals surface area contributed by atoms with Crippen LogP contribution >= 0.6 is 11.3 Å². The zero-order chi connectivity index (χ0) is 33.4.